The third-order valence-corrected chi connectivity index (χ3v) is 4.17. The minimum absolute atomic E-state index is 0. The summed E-state index contributed by atoms with van der Waals surface area (Å²) >= 11 is 0. The average Bonchev–Trinajstić information content (AvgIpc) is 2.92. The van der Waals surface area contributed by atoms with Gasteiger partial charge >= 0.3 is 0 Å². The van der Waals surface area contributed by atoms with Crippen LogP contribution >= 0.6 is 12.4 Å². The molecule has 0 aromatic rings. The third kappa shape index (κ3) is 6.54. The van der Waals surface area contributed by atoms with E-state index in [9.17, 15) is 4.79 Å². The van der Waals surface area contributed by atoms with Gasteiger partial charge in [-0.05, 0) is 32.6 Å². The van der Waals surface area contributed by atoms with Gasteiger partial charge in [0.05, 0.1) is 6.10 Å². The van der Waals surface area contributed by atoms with E-state index in [-0.39, 0.29) is 30.5 Å². The Morgan fingerprint density at radius 3 is 2.52 bits per heavy atom. The van der Waals surface area contributed by atoms with E-state index in [1.54, 1.807) is 0 Å². The molecule has 0 aromatic heterocycles. The number of hydrogen-bond acceptors (Lipinski definition) is 3. The zero-order valence-corrected chi connectivity index (χ0v) is 14.7. The molecule has 3 atom stereocenters. The molecule has 0 aliphatic carbocycles. The van der Waals surface area contributed by atoms with E-state index in [1.807, 2.05) is 4.90 Å². The number of amides is 1. The molecule has 5 heteroatoms. The van der Waals surface area contributed by atoms with Crippen molar-refractivity contribution in [3.8, 4) is 0 Å². The lowest BCUT2D eigenvalue weighted by molar-refractivity contribution is -0.145. The number of carbonyl (C=O) groups excluding carboxylic acids is 1. The van der Waals surface area contributed by atoms with Crippen LogP contribution in [0.25, 0.3) is 0 Å². The number of halogens is 1. The molecule has 1 aliphatic heterocycles. The molecular weight excluding hydrogens is 288 g/mol. The number of unbranched alkanes of at least 4 members (excludes halogenated alkanes) is 2. The van der Waals surface area contributed by atoms with Crippen molar-refractivity contribution >= 4 is 18.3 Å². The van der Waals surface area contributed by atoms with Gasteiger partial charge in [-0.15, -0.1) is 12.4 Å². The summed E-state index contributed by atoms with van der Waals surface area (Å²) in [6.07, 6.45) is 7.16. The van der Waals surface area contributed by atoms with Crippen molar-refractivity contribution in [3.05, 3.63) is 0 Å². The van der Waals surface area contributed by atoms with Crippen LogP contribution in [0.5, 0.6) is 0 Å². The highest BCUT2D eigenvalue weighted by atomic mass is 35.5. The van der Waals surface area contributed by atoms with E-state index < -0.39 is 0 Å². The van der Waals surface area contributed by atoms with Crippen LogP contribution in [0.15, 0.2) is 0 Å². The van der Waals surface area contributed by atoms with Gasteiger partial charge in [0.2, 0.25) is 0 Å². The predicted octanol–water partition coefficient (Wildman–Crippen LogP) is 3.12. The van der Waals surface area contributed by atoms with Crippen molar-refractivity contribution in [1.29, 1.82) is 0 Å². The van der Waals surface area contributed by atoms with E-state index >= 15 is 0 Å². The second-order valence-corrected chi connectivity index (χ2v) is 5.94. The van der Waals surface area contributed by atoms with Crippen LogP contribution in [0.4, 0.5) is 0 Å². The maximum Gasteiger partial charge on any atom is 0.251 e. The summed E-state index contributed by atoms with van der Waals surface area (Å²) in [5.74, 6) is 0.179. The highest BCUT2D eigenvalue weighted by Gasteiger charge is 2.34. The summed E-state index contributed by atoms with van der Waals surface area (Å²) in [6.45, 7) is 7.89. The molecule has 1 amide bonds. The fraction of sp³-hybridized carbons (Fsp3) is 0.938. The summed E-state index contributed by atoms with van der Waals surface area (Å²) in [5, 5.41) is 0. The minimum Gasteiger partial charge on any atom is -0.364 e. The molecule has 0 bridgehead atoms. The van der Waals surface area contributed by atoms with Gasteiger partial charge in [0.25, 0.3) is 5.91 Å². The molecule has 1 fully saturated rings. The number of hydrogen-bond donors (Lipinski definition) is 1. The van der Waals surface area contributed by atoms with Crippen molar-refractivity contribution in [2.75, 3.05) is 13.1 Å². The van der Waals surface area contributed by atoms with Crippen molar-refractivity contribution in [2.24, 2.45) is 5.73 Å². The predicted molar refractivity (Wildman–Crippen MR) is 89.8 cm³/mol. The van der Waals surface area contributed by atoms with Crippen molar-refractivity contribution < 1.29 is 9.53 Å². The second-order valence-electron chi connectivity index (χ2n) is 5.94. The maximum atomic E-state index is 12.7. The molecule has 0 aromatic carbocycles. The van der Waals surface area contributed by atoms with Gasteiger partial charge in [-0.1, -0.05) is 33.1 Å². The van der Waals surface area contributed by atoms with Gasteiger partial charge in [0.1, 0.15) is 6.10 Å². The molecule has 0 spiro atoms. The first kappa shape index (κ1) is 20.7. The van der Waals surface area contributed by atoms with Crippen molar-refractivity contribution in [3.63, 3.8) is 0 Å². The number of nitrogens with two attached hydrogens (primary N) is 1. The van der Waals surface area contributed by atoms with E-state index in [0.29, 0.717) is 12.6 Å². The number of carbonyl (C=O) groups is 1. The second kappa shape index (κ2) is 11.3. The van der Waals surface area contributed by atoms with Crippen LogP contribution in [0.3, 0.4) is 0 Å². The molecule has 1 rings (SSSR count). The molecule has 1 unspecified atom stereocenters. The van der Waals surface area contributed by atoms with Gasteiger partial charge < -0.3 is 15.4 Å². The molecule has 0 radical (unpaired) electrons. The summed E-state index contributed by atoms with van der Waals surface area (Å²) in [7, 11) is 0. The largest absolute Gasteiger partial charge is 0.364 e. The fourth-order valence-corrected chi connectivity index (χ4v) is 2.90. The molecule has 1 heterocycles. The normalized spacial score (nSPS) is 22.7. The molecule has 4 nitrogen and oxygen atoms in total. The van der Waals surface area contributed by atoms with Crippen LogP contribution in [0.2, 0.25) is 0 Å². The van der Waals surface area contributed by atoms with Crippen molar-refractivity contribution in [2.45, 2.75) is 84.0 Å². The molecule has 1 saturated heterocycles. The van der Waals surface area contributed by atoms with Crippen molar-refractivity contribution in [1.82, 2.24) is 4.90 Å². The number of nitrogens with zero attached hydrogens (tertiary/aromatic N) is 1. The van der Waals surface area contributed by atoms with E-state index in [1.165, 1.54) is 12.8 Å². The lowest BCUT2D eigenvalue weighted by atomic mass is 10.1. The van der Waals surface area contributed by atoms with Gasteiger partial charge in [0, 0.05) is 19.1 Å². The van der Waals surface area contributed by atoms with Crippen LogP contribution in [-0.4, -0.2) is 42.1 Å². The Labute approximate surface area is 136 Å². The highest BCUT2D eigenvalue weighted by molar-refractivity contribution is 5.85. The highest BCUT2D eigenvalue weighted by Crippen LogP contribution is 2.22. The van der Waals surface area contributed by atoms with E-state index in [0.717, 1.165) is 38.6 Å². The van der Waals surface area contributed by atoms with Crippen LogP contribution < -0.4 is 5.73 Å². The number of rotatable bonds is 9. The monoisotopic (exact) mass is 320 g/mol. The smallest absolute Gasteiger partial charge is 0.251 e. The Bertz CT molecular complexity index is 289. The number of ether oxygens (including phenoxy) is 1. The minimum atomic E-state index is -0.260. The molecule has 0 saturated carbocycles. The molecular formula is C16H33ClN2O2. The Morgan fingerprint density at radius 1 is 1.29 bits per heavy atom. The first-order valence-corrected chi connectivity index (χ1v) is 8.30. The topological polar surface area (TPSA) is 55.6 Å². The van der Waals surface area contributed by atoms with Gasteiger partial charge in [-0.3, -0.25) is 4.79 Å². The van der Waals surface area contributed by atoms with Crippen LogP contribution in [0.1, 0.15) is 65.7 Å². The summed E-state index contributed by atoms with van der Waals surface area (Å²) < 4.78 is 5.77. The maximum absolute atomic E-state index is 12.7. The van der Waals surface area contributed by atoms with Crippen LogP contribution in [-0.2, 0) is 9.53 Å². The molecule has 1 aliphatic rings. The fourth-order valence-electron chi connectivity index (χ4n) is 2.90. The van der Waals surface area contributed by atoms with Gasteiger partial charge in [-0.25, -0.2) is 0 Å². The quantitative estimate of drug-likeness (QED) is 0.664. The Hall–Kier alpha value is -0.320. The zero-order chi connectivity index (χ0) is 15.0. The lowest BCUT2D eigenvalue weighted by Crippen LogP contribution is -2.45. The molecule has 126 valence electrons. The third-order valence-electron chi connectivity index (χ3n) is 4.17. The van der Waals surface area contributed by atoms with E-state index in [4.69, 9.17) is 10.5 Å². The molecule has 2 N–H and O–H groups in total. The Kier molecular flexibility index (Phi) is 11.1. The summed E-state index contributed by atoms with van der Waals surface area (Å²) in [6, 6.07) is 0.310. The Balaban J connectivity index is 0.00000400. The first-order chi connectivity index (χ1) is 9.63. The average molecular weight is 321 g/mol. The lowest BCUT2D eigenvalue weighted by Gasteiger charge is -2.31. The summed E-state index contributed by atoms with van der Waals surface area (Å²) in [5.41, 5.74) is 5.63. The SMILES string of the molecule is CCCCCN(C(=O)[C@@H]1CC[C@H](CN)O1)C(C)CCC.Cl. The van der Waals surface area contributed by atoms with Gasteiger partial charge in [0.15, 0.2) is 0 Å². The van der Waals surface area contributed by atoms with Crippen LogP contribution in [0, 0.1) is 0 Å². The molecule has 21 heavy (non-hydrogen) atoms. The first-order valence-electron chi connectivity index (χ1n) is 8.30. The zero-order valence-electron chi connectivity index (χ0n) is 13.8. The van der Waals surface area contributed by atoms with Gasteiger partial charge in [-0.2, -0.15) is 0 Å². The van der Waals surface area contributed by atoms with E-state index in [2.05, 4.69) is 20.8 Å². The summed E-state index contributed by atoms with van der Waals surface area (Å²) in [4.78, 5) is 14.7. The Morgan fingerprint density at radius 2 is 2.00 bits per heavy atom. The standard InChI is InChI=1S/C16H32N2O2.ClH/c1-4-6-7-11-18(13(3)8-5-2)16(19)15-10-9-14(12-17)20-15;/h13-15H,4-12,17H2,1-3H3;1H/t13?,14-,15+;/m1./s1.